The molecule has 0 fully saturated rings. The molecule has 5 heterocycles. The van der Waals surface area contributed by atoms with Crippen molar-refractivity contribution in [2.24, 2.45) is 40.8 Å². The number of phenols is 4. The van der Waals surface area contributed by atoms with E-state index in [9.17, 15) is 20.4 Å². The highest BCUT2D eigenvalue weighted by Gasteiger charge is 2.26. The molecule has 0 saturated carbocycles. The summed E-state index contributed by atoms with van der Waals surface area (Å²) in [5, 5.41) is 47.1. The van der Waals surface area contributed by atoms with Crippen molar-refractivity contribution in [2.75, 3.05) is 39.3 Å². The van der Waals surface area contributed by atoms with Crippen molar-refractivity contribution in [1.82, 2.24) is 29.7 Å². The number of phenolic OH excluding ortho intramolecular Hbond substituents is 4. The highest BCUT2D eigenvalue weighted by molar-refractivity contribution is 5.93. The van der Waals surface area contributed by atoms with Gasteiger partial charge in [0.05, 0.1) is 22.8 Å². The van der Waals surface area contributed by atoms with E-state index in [-0.39, 0.29) is 49.2 Å². The van der Waals surface area contributed by atoms with Crippen LogP contribution in [0.5, 0.6) is 23.0 Å². The Balaban J connectivity index is 0.953. The minimum atomic E-state index is -0.641. The van der Waals surface area contributed by atoms with Crippen LogP contribution in [0.4, 0.5) is 0 Å². The number of aliphatic imine (C=N–C) groups is 6. The Labute approximate surface area is 504 Å². The van der Waals surface area contributed by atoms with Gasteiger partial charge in [0.15, 0.2) is 0 Å². The maximum Gasteiger partial charge on any atom is 0.133 e. The van der Waals surface area contributed by atoms with Crippen molar-refractivity contribution in [3.05, 3.63) is 236 Å². The fourth-order valence-electron chi connectivity index (χ4n) is 10.5. The second-order valence-corrected chi connectivity index (χ2v) is 23.3. The van der Waals surface area contributed by atoms with Gasteiger partial charge < -0.3 is 20.4 Å². The van der Waals surface area contributed by atoms with Crippen LogP contribution in [0.25, 0.3) is 0 Å². The molecule has 1 aliphatic rings. The van der Waals surface area contributed by atoms with Crippen LogP contribution in [0.15, 0.2) is 176 Å². The Kier molecular flexibility index (Phi) is 20.6. The molecule has 9 rings (SSSR count). The number of aromatic hydroxyl groups is 4. The van der Waals surface area contributed by atoms with Gasteiger partial charge in [0, 0.05) is 196 Å². The Hall–Kier alpha value is -9.38. The molecule has 440 valence electrons. The van der Waals surface area contributed by atoms with Crippen molar-refractivity contribution in [3.63, 3.8) is 0 Å². The second kappa shape index (κ2) is 28.9. The van der Waals surface area contributed by atoms with Gasteiger partial charge in [-0.15, -0.1) is 0 Å². The normalized spacial score (nSPS) is 16.7. The van der Waals surface area contributed by atoms with E-state index in [1.165, 1.54) is 0 Å². The zero-order valence-corrected chi connectivity index (χ0v) is 50.0. The van der Waals surface area contributed by atoms with Crippen LogP contribution in [0.3, 0.4) is 0 Å². The first kappa shape index (κ1) is 61.2. The monoisotopic (exact) mass is 1150 g/mol. The summed E-state index contributed by atoms with van der Waals surface area (Å²) >= 11 is 0. The molecule has 16 heteroatoms. The molecule has 0 aliphatic carbocycles. The lowest BCUT2D eigenvalue weighted by atomic mass is 9.90. The largest absolute Gasteiger partial charge is 0.507 e. The molecule has 4 N–H and O–H groups in total. The molecule has 4 aromatic heterocycles. The molecule has 0 amide bonds. The first-order chi connectivity index (χ1) is 41.6. The molecule has 0 spiro atoms. The van der Waals surface area contributed by atoms with Crippen molar-refractivity contribution in [1.29, 1.82) is 0 Å². The fraction of sp³-hybridized carbons (Fsp3) is 0.286. The van der Waals surface area contributed by atoms with Crippen LogP contribution in [0.2, 0.25) is 0 Å². The first-order valence-electron chi connectivity index (χ1n) is 28.9. The van der Waals surface area contributed by atoms with Crippen LogP contribution in [0.1, 0.15) is 103 Å². The summed E-state index contributed by atoms with van der Waals surface area (Å²) in [7, 11) is 0. The average Bonchev–Trinajstić information content (AvgIpc) is 2.73. The third kappa shape index (κ3) is 17.4. The van der Waals surface area contributed by atoms with Crippen molar-refractivity contribution < 1.29 is 20.4 Å². The number of pyridine rings is 4. The van der Waals surface area contributed by atoms with Crippen molar-refractivity contribution in [3.8, 4) is 23.0 Å². The molecule has 16 nitrogen and oxygen atoms in total. The lowest BCUT2D eigenvalue weighted by Gasteiger charge is -2.24. The number of hydrogen-bond donors (Lipinski definition) is 4. The molecule has 4 aromatic carbocycles. The minimum absolute atomic E-state index is 0.0473. The van der Waals surface area contributed by atoms with Gasteiger partial charge in [-0.25, -0.2) is 0 Å². The Bertz CT molecular complexity index is 3360. The highest BCUT2D eigenvalue weighted by atomic mass is 16.3. The van der Waals surface area contributed by atoms with E-state index in [1.54, 1.807) is 62.1 Å². The number of fused-ring (bicyclic) bond motifs is 4. The van der Waals surface area contributed by atoms with Crippen molar-refractivity contribution >= 4 is 37.3 Å². The zero-order chi connectivity index (χ0) is 60.5. The van der Waals surface area contributed by atoms with Crippen molar-refractivity contribution in [2.45, 2.75) is 80.8 Å². The molecule has 0 unspecified atom stereocenters. The molecule has 0 atom stereocenters. The van der Waals surface area contributed by atoms with Crippen LogP contribution in [0, 0.1) is 38.5 Å². The van der Waals surface area contributed by atoms with Gasteiger partial charge in [-0.3, -0.25) is 59.7 Å². The molecule has 1 aliphatic heterocycles. The van der Waals surface area contributed by atoms with E-state index in [4.69, 9.17) is 30.0 Å². The average molecular weight is 1150 g/mol. The van der Waals surface area contributed by atoms with E-state index in [0.717, 1.165) is 56.2 Å². The van der Waals surface area contributed by atoms with E-state index in [1.807, 2.05) is 149 Å². The second-order valence-electron chi connectivity index (χ2n) is 23.3. The lowest BCUT2D eigenvalue weighted by Crippen LogP contribution is -2.28. The third-order valence-corrected chi connectivity index (χ3v) is 14.8. The maximum absolute atomic E-state index is 11.8. The highest BCUT2D eigenvalue weighted by Crippen LogP contribution is 2.31. The summed E-state index contributed by atoms with van der Waals surface area (Å²) in [6.07, 6.45) is 17.3. The third-order valence-electron chi connectivity index (χ3n) is 14.8. The lowest BCUT2D eigenvalue weighted by molar-refractivity contribution is 0.238. The summed E-state index contributed by atoms with van der Waals surface area (Å²) in [6, 6.07) is 38.9. The SMILES string of the molecule is Cc1cc2c(O)c(c1)C=NCC(C)(CN=Cc1cc(C)cc(CN(Cc3ccccn3)Cc3ccccn3)c1O)CN=Cc1cc(C)cc(c1O)C=NCC(C)(CN=Cc1cc(C)cc(CN(Cc3ccccn3)Cc3ccccn3)c1O)CN=C2. The minimum Gasteiger partial charge on any atom is -0.507 e. The van der Waals surface area contributed by atoms with Crippen LogP contribution >= 0.6 is 0 Å². The van der Waals surface area contributed by atoms with E-state index in [0.29, 0.717) is 85.7 Å². The summed E-state index contributed by atoms with van der Waals surface area (Å²) in [5.74, 6) is 0.387. The van der Waals surface area contributed by atoms with Crippen LogP contribution < -0.4 is 0 Å². The maximum atomic E-state index is 11.8. The molecular weight excluding hydrogens is 1070 g/mol. The van der Waals surface area contributed by atoms with E-state index < -0.39 is 10.8 Å². The summed E-state index contributed by atoms with van der Waals surface area (Å²) in [5.41, 5.74) is 11.0. The number of hydrogen-bond acceptors (Lipinski definition) is 16. The van der Waals surface area contributed by atoms with Gasteiger partial charge in [0.25, 0.3) is 0 Å². The molecule has 0 radical (unpaired) electrons. The standard InChI is InChI=1S/C70H76N12O4/c1-49-23-53-31-71-43-69(5,47-75-35-57-27-51(3)29-59(67(57)85)37-81(39-61-15-7-11-19-77-61)40-62-16-8-12-20-78-62)45-73-33-55-25-50(2)26-56(66(55)84)34-74-46-70(6,44-72-32-54(24-49)65(53)83)48-76-36-58-28-52(4)30-60(68(58)86)38-82(41-63-17-9-13-21-79-63)42-64-18-10-14-22-80-64/h7-36,83-86H,37-48H2,1-6H3. The Morgan fingerprint density at radius 2 is 0.686 bits per heavy atom. The quantitative estimate of drug-likeness (QED) is 0.0597. The number of aryl methyl sites for hydroxylation is 4. The predicted molar refractivity (Wildman–Crippen MR) is 345 cm³/mol. The van der Waals surface area contributed by atoms with Crippen LogP contribution in [-0.2, 0) is 39.3 Å². The number of benzene rings is 4. The van der Waals surface area contributed by atoms with Gasteiger partial charge in [-0.05, 0) is 135 Å². The van der Waals surface area contributed by atoms with Gasteiger partial charge in [-0.2, -0.15) is 0 Å². The van der Waals surface area contributed by atoms with E-state index in [2.05, 4.69) is 43.6 Å². The predicted octanol–water partition coefficient (Wildman–Crippen LogP) is 11.4. The smallest absolute Gasteiger partial charge is 0.133 e. The van der Waals surface area contributed by atoms with Gasteiger partial charge in [0.2, 0.25) is 0 Å². The fourth-order valence-corrected chi connectivity index (χ4v) is 10.5. The Morgan fingerprint density at radius 3 is 0.965 bits per heavy atom. The topological polar surface area (TPSA) is 213 Å². The van der Waals surface area contributed by atoms with Gasteiger partial charge >= 0.3 is 0 Å². The molecule has 8 aromatic rings. The number of aromatic nitrogens is 4. The number of nitrogens with zero attached hydrogens (tertiary/aromatic N) is 12. The zero-order valence-electron chi connectivity index (χ0n) is 50.0. The summed E-state index contributed by atoms with van der Waals surface area (Å²) < 4.78 is 0. The molecule has 0 saturated heterocycles. The van der Waals surface area contributed by atoms with Gasteiger partial charge in [-0.1, -0.05) is 50.2 Å². The molecule has 86 heavy (non-hydrogen) atoms. The van der Waals surface area contributed by atoms with Crippen LogP contribution in [-0.4, -0.2) is 127 Å². The molecule has 4 bridgehead atoms. The first-order valence-corrected chi connectivity index (χ1v) is 28.9. The molecular formula is C70H76N12O4. The van der Waals surface area contributed by atoms with E-state index >= 15 is 0 Å². The number of rotatable bonds is 18. The summed E-state index contributed by atoms with van der Waals surface area (Å²) in [6.45, 7) is 16.9. The van der Waals surface area contributed by atoms with Gasteiger partial charge in [0.1, 0.15) is 23.0 Å². The Morgan fingerprint density at radius 1 is 0.395 bits per heavy atom. The summed E-state index contributed by atoms with van der Waals surface area (Å²) in [4.78, 5) is 52.3.